The number of benzene rings is 1. The number of hydrogen-bond acceptors (Lipinski definition) is 4. The maximum Gasteiger partial charge on any atom is 0.272 e. The number of nitro benzene ring substituents is 1. The molecule has 0 fully saturated rings. The molecule has 0 aliphatic rings. The maximum absolute atomic E-state index is 11.7. The Bertz CT molecular complexity index is 435. The molecule has 2 atom stereocenters. The molecule has 18 heavy (non-hydrogen) atoms. The Morgan fingerprint density at radius 3 is 2.67 bits per heavy atom. The minimum absolute atomic E-state index is 0.0417. The van der Waals surface area contributed by atoms with E-state index in [4.69, 9.17) is 5.73 Å². The first-order valence-corrected chi connectivity index (χ1v) is 7.32. The van der Waals surface area contributed by atoms with Crippen molar-refractivity contribution in [3.8, 4) is 0 Å². The average Bonchev–Trinajstić information content (AvgIpc) is 2.34. The van der Waals surface area contributed by atoms with Crippen molar-refractivity contribution < 1.29 is 9.13 Å². The summed E-state index contributed by atoms with van der Waals surface area (Å²) in [6, 6.07) is 6.61. The number of nitrogens with zero attached hydrogens (tertiary/aromatic N) is 1. The first-order valence-electron chi connectivity index (χ1n) is 5.83. The van der Waals surface area contributed by atoms with Gasteiger partial charge in [0.05, 0.1) is 4.92 Å². The minimum Gasteiger partial charge on any atom is -0.328 e. The Morgan fingerprint density at radius 2 is 2.06 bits per heavy atom. The van der Waals surface area contributed by atoms with Crippen LogP contribution in [0.3, 0.4) is 0 Å². The molecule has 0 radical (unpaired) electrons. The van der Waals surface area contributed by atoms with Gasteiger partial charge in [-0.25, -0.2) is 0 Å². The van der Waals surface area contributed by atoms with Gasteiger partial charge in [0.1, 0.15) is 0 Å². The van der Waals surface area contributed by atoms with Crippen molar-refractivity contribution in [2.24, 2.45) is 5.73 Å². The quantitative estimate of drug-likeness (QED) is 0.602. The maximum atomic E-state index is 11.7. The predicted octanol–water partition coefficient (Wildman–Crippen LogP) is 1.62. The van der Waals surface area contributed by atoms with Crippen molar-refractivity contribution in [2.45, 2.75) is 25.8 Å². The van der Waals surface area contributed by atoms with Gasteiger partial charge in [-0.05, 0) is 19.8 Å². The van der Waals surface area contributed by atoms with E-state index >= 15 is 0 Å². The van der Waals surface area contributed by atoms with Crippen molar-refractivity contribution >= 4 is 16.5 Å². The Morgan fingerprint density at radius 1 is 1.39 bits per heavy atom. The van der Waals surface area contributed by atoms with E-state index in [0.29, 0.717) is 29.9 Å². The van der Waals surface area contributed by atoms with Crippen LogP contribution in [-0.4, -0.2) is 26.7 Å². The lowest BCUT2D eigenvalue weighted by atomic mass is 10.1. The number of aryl methyl sites for hydroxylation is 1. The lowest BCUT2D eigenvalue weighted by Crippen LogP contribution is -2.19. The minimum atomic E-state index is -0.965. The highest BCUT2D eigenvalue weighted by Gasteiger charge is 2.13. The molecule has 0 aromatic heterocycles. The third-order valence-corrected chi connectivity index (χ3v) is 3.94. The second-order valence-electron chi connectivity index (χ2n) is 4.25. The molecule has 0 aliphatic heterocycles. The summed E-state index contributed by atoms with van der Waals surface area (Å²) in [5.41, 5.74) is 6.32. The Labute approximate surface area is 109 Å². The Hall–Kier alpha value is -1.27. The van der Waals surface area contributed by atoms with E-state index in [9.17, 15) is 14.3 Å². The van der Waals surface area contributed by atoms with Crippen LogP contribution in [-0.2, 0) is 17.2 Å². The van der Waals surface area contributed by atoms with Gasteiger partial charge in [-0.3, -0.25) is 14.3 Å². The number of rotatable bonds is 7. The van der Waals surface area contributed by atoms with Crippen molar-refractivity contribution in [1.82, 2.24) is 0 Å². The fourth-order valence-electron chi connectivity index (χ4n) is 1.54. The molecule has 0 heterocycles. The Kier molecular flexibility index (Phi) is 5.94. The average molecular weight is 270 g/mol. The topological polar surface area (TPSA) is 86.2 Å². The number of nitro groups is 1. The fraction of sp³-hybridized carbons (Fsp3) is 0.500. The monoisotopic (exact) mass is 270 g/mol. The molecule has 1 aromatic rings. The van der Waals surface area contributed by atoms with Gasteiger partial charge in [-0.1, -0.05) is 18.2 Å². The molecule has 2 unspecified atom stereocenters. The van der Waals surface area contributed by atoms with E-state index in [-0.39, 0.29) is 11.7 Å². The SMILES string of the molecule is CC(N)CCS(=O)CCc1ccccc1[N+](=O)[O-]. The highest BCUT2D eigenvalue weighted by molar-refractivity contribution is 7.84. The van der Waals surface area contributed by atoms with Crippen molar-refractivity contribution in [2.75, 3.05) is 11.5 Å². The molecule has 2 N–H and O–H groups in total. The zero-order valence-corrected chi connectivity index (χ0v) is 11.2. The number of para-hydroxylation sites is 1. The van der Waals surface area contributed by atoms with E-state index in [0.717, 1.165) is 0 Å². The normalized spacial score (nSPS) is 14.1. The second kappa shape index (κ2) is 7.23. The zero-order valence-electron chi connectivity index (χ0n) is 10.4. The van der Waals surface area contributed by atoms with Crippen LogP contribution in [0.4, 0.5) is 5.69 Å². The Balaban J connectivity index is 2.53. The molecule has 1 aromatic carbocycles. The van der Waals surface area contributed by atoms with Crippen LogP contribution >= 0.6 is 0 Å². The van der Waals surface area contributed by atoms with Crippen LogP contribution in [0, 0.1) is 10.1 Å². The van der Waals surface area contributed by atoms with Crippen LogP contribution < -0.4 is 5.73 Å². The highest BCUT2D eigenvalue weighted by Crippen LogP contribution is 2.18. The van der Waals surface area contributed by atoms with Crippen LogP contribution in [0.15, 0.2) is 24.3 Å². The van der Waals surface area contributed by atoms with Crippen LogP contribution in [0.25, 0.3) is 0 Å². The van der Waals surface area contributed by atoms with Gasteiger partial charge < -0.3 is 5.73 Å². The first-order chi connectivity index (χ1) is 8.50. The molecule has 5 nitrogen and oxygen atoms in total. The molecule has 1 rings (SSSR count). The van der Waals surface area contributed by atoms with Crippen LogP contribution in [0.2, 0.25) is 0 Å². The molecule has 0 spiro atoms. The van der Waals surface area contributed by atoms with E-state index in [1.54, 1.807) is 18.2 Å². The van der Waals surface area contributed by atoms with Crippen molar-refractivity contribution in [3.05, 3.63) is 39.9 Å². The van der Waals surface area contributed by atoms with Gasteiger partial charge in [0.2, 0.25) is 0 Å². The molecular weight excluding hydrogens is 252 g/mol. The standard InChI is InChI=1S/C12H18N2O3S/c1-10(13)6-8-18(17)9-7-11-4-2-3-5-12(11)14(15)16/h2-5,10H,6-9,13H2,1H3. The molecule has 6 heteroatoms. The third kappa shape index (κ3) is 4.93. The molecule has 0 aliphatic carbocycles. The van der Waals surface area contributed by atoms with Crippen LogP contribution in [0.1, 0.15) is 18.9 Å². The summed E-state index contributed by atoms with van der Waals surface area (Å²) in [4.78, 5) is 10.4. The zero-order chi connectivity index (χ0) is 13.5. The lowest BCUT2D eigenvalue weighted by molar-refractivity contribution is -0.385. The van der Waals surface area contributed by atoms with E-state index in [2.05, 4.69) is 0 Å². The molecule has 0 saturated carbocycles. The summed E-state index contributed by atoms with van der Waals surface area (Å²) in [6.07, 6.45) is 1.17. The summed E-state index contributed by atoms with van der Waals surface area (Å²) in [7, 11) is -0.965. The molecule has 0 bridgehead atoms. The van der Waals surface area contributed by atoms with Crippen molar-refractivity contribution in [1.29, 1.82) is 0 Å². The van der Waals surface area contributed by atoms with E-state index in [1.807, 2.05) is 6.92 Å². The molecular formula is C12H18N2O3S. The largest absolute Gasteiger partial charge is 0.328 e. The molecule has 0 saturated heterocycles. The second-order valence-corrected chi connectivity index (χ2v) is 5.95. The summed E-state index contributed by atoms with van der Waals surface area (Å²) < 4.78 is 11.7. The summed E-state index contributed by atoms with van der Waals surface area (Å²) in [6.45, 7) is 1.87. The van der Waals surface area contributed by atoms with E-state index in [1.165, 1.54) is 6.07 Å². The van der Waals surface area contributed by atoms with Gasteiger partial charge in [0, 0.05) is 40.0 Å². The lowest BCUT2D eigenvalue weighted by Gasteiger charge is -2.05. The van der Waals surface area contributed by atoms with Gasteiger partial charge >= 0.3 is 0 Å². The number of hydrogen-bond donors (Lipinski definition) is 1. The van der Waals surface area contributed by atoms with Gasteiger partial charge in [0.15, 0.2) is 0 Å². The predicted molar refractivity (Wildman–Crippen MR) is 72.9 cm³/mol. The fourth-order valence-corrected chi connectivity index (χ4v) is 2.83. The summed E-state index contributed by atoms with van der Waals surface area (Å²) >= 11 is 0. The highest BCUT2D eigenvalue weighted by atomic mass is 32.2. The van der Waals surface area contributed by atoms with Crippen molar-refractivity contribution in [3.63, 3.8) is 0 Å². The van der Waals surface area contributed by atoms with Gasteiger partial charge in [-0.15, -0.1) is 0 Å². The third-order valence-electron chi connectivity index (χ3n) is 2.59. The van der Waals surface area contributed by atoms with Crippen LogP contribution in [0.5, 0.6) is 0 Å². The molecule has 0 amide bonds. The van der Waals surface area contributed by atoms with Gasteiger partial charge in [0.25, 0.3) is 5.69 Å². The summed E-state index contributed by atoms with van der Waals surface area (Å²) in [5.74, 6) is 0.996. The number of nitrogens with two attached hydrogens (primary N) is 1. The first kappa shape index (κ1) is 14.8. The smallest absolute Gasteiger partial charge is 0.272 e. The molecule has 100 valence electrons. The van der Waals surface area contributed by atoms with E-state index < -0.39 is 15.7 Å². The van der Waals surface area contributed by atoms with Gasteiger partial charge in [-0.2, -0.15) is 0 Å². The summed E-state index contributed by atoms with van der Waals surface area (Å²) in [5, 5.41) is 10.8.